The molecule has 0 heterocycles. The second-order valence-corrected chi connectivity index (χ2v) is 4.34. The number of anilines is 1. The maximum absolute atomic E-state index is 13.5. The van der Waals surface area contributed by atoms with Gasteiger partial charge < -0.3 is 10.5 Å². The largest absolute Gasteiger partial charge is 0.450 e. The standard InChI is InChI=1S/C12H7BrF3NO/c13-8-2-1-6(14)3-11(8)18-12-9(15)4-7(17)5-10(12)16/h1-5H,17H2. The number of rotatable bonds is 2. The fourth-order valence-electron chi connectivity index (χ4n) is 1.34. The number of hydrogen-bond acceptors (Lipinski definition) is 2. The second kappa shape index (κ2) is 4.89. The molecule has 2 N–H and O–H groups in total. The van der Waals surface area contributed by atoms with Gasteiger partial charge >= 0.3 is 0 Å². The third-order valence-electron chi connectivity index (χ3n) is 2.13. The van der Waals surface area contributed by atoms with Crippen molar-refractivity contribution in [1.82, 2.24) is 0 Å². The molecule has 0 radical (unpaired) electrons. The molecule has 0 atom stereocenters. The summed E-state index contributed by atoms with van der Waals surface area (Å²) < 4.78 is 45.3. The predicted octanol–water partition coefficient (Wildman–Crippen LogP) is 4.24. The highest BCUT2D eigenvalue weighted by Crippen LogP contribution is 2.34. The number of nitrogen functional groups attached to an aromatic ring is 1. The Balaban J connectivity index is 2.43. The van der Waals surface area contributed by atoms with Gasteiger partial charge in [-0.1, -0.05) is 0 Å². The van der Waals surface area contributed by atoms with E-state index in [2.05, 4.69) is 15.9 Å². The Morgan fingerprint density at radius 2 is 1.61 bits per heavy atom. The summed E-state index contributed by atoms with van der Waals surface area (Å²) in [7, 11) is 0. The fourth-order valence-corrected chi connectivity index (χ4v) is 1.67. The first-order valence-electron chi connectivity index (χ1n) is 4.85. The maximum atomic E-state index is 13.5. The van der Waals surface area contributed by atoms with Gasteiger partial charge in [0.15, 0.2) is 17.4 Å². The molecule has 6 heteroatoms. The summed E-state index contributed by atoms with van der Waals surface area (Å²) in [6.45, 7) is 0. The van der Waals surface area contributed by atoms with Crippen molar-refractivity contribution in [3.8, 4) is 11.5 Å². The summed E-state index contributed by atoms with van der Waals surface area (Å²) >= 11 is 3.09. The van der Waals surface area contributed by atoms with Crippen LogP contribution in [0.15, 0.2) is 34.8 Å². The molecule has 0 aliphatic rings. The first-order chi connectivity index (χ1) is 8.47. The van der Waals surface area contributed by atoms with Crippen LogP contribution in [0.2, 0.25) is 0 Å². The van der Waals surface area contributed by atoms with Crippen LogP contribution in [0.1, 0.15) is 0 Å². The quantitative estimate of drug-likeness (QED) is 0.841. The highest BCUT2D eigenvalue weighted by atomic mass is 79.9. The normalized spacial score (nSPS) is 10.4. The molecule has 0 aliphatic carbocycles. The molecule has 0 bridgehead atoms. The molecule has 0 aromatic heterocycles. The minimum absolute atomic E-state index is 0.0300. The molecular formula is C12H7BrF3NO. The van der Waals surface area contributed by atoms with Gasteiger partial charge in [-0.05, 0) is 28.1 Å². The van der Waals surface area contributed by atoms with E-state index in [0.29, 0.717) is 4.47 Å². The van der Waals surface area contributed by atoms with Gasteiger partial charge in [0, 0.05) is 23.9 Å². The summed E-state index contributed by atoms with van der Waals surface area (Å²) in [4.78, 5) is 0. The Kier molecular flexibility index (Phi) is 3.47. The molecule has 2 aromatic rings. The van der Waals surface area contributed by atoms with Crippen molar-refractivity contribution in [3.63, 3.8) is 0 Å². The van der Waals surface area contributed by atoms with Gasteiger partial charge in [-0.25, -0.2) is 13.2 Å². The SMILES string of the molecule is Nc1cc(F)c(Oc2cc(F)ccc2Br)c(F)c1. The third-order valence-corrected chi connectivity index (χ3v) is 2.78. The van der Waals surface area contributed by atoms with Gasteiger partial charge in [-0.3, -0.25) is 0 Å². The van der Waals surface area contributed by atoms with Crippen molar-refractivity contribution < 1.29 is 17.9 Å². The maximum Gasteiger partial charge on any atom is 0.198 e. The van der Waals surface area contributed by atoms with Gasteiger partial charge in [-0.2, -0.15) is 0 Å². The van der Waals surface area contributed by atoms with E-state index < -0.39 is 23.2 Å². The lowest BCUT2D eigenvalue weighted by atomic mass is 10.2. The zero-order valence-corrected chi connectivity index (χ0v) is 10.5. The lowest BCUT2D eigenvalue weighted by Crippen LogP contribution is -1.96. The lowest BCUT2D eigenvalue weighted by Gasteiger charge is -2.10. The van der Waals surface area contributed by atoms with E-state index in [1.165, 1.54) is 12.1 Å². The molecule has 0 unspecified atom stereocenters. The molecular weight excluding hydrogens is 311 g/mol. The van der Waals surface area contributed by atoms with Crippen molar-refractivity contribution in [2.75, 3.05) is 5.73 Å². The number of ether oxygens (including phenoxy) is 1. The van der Waals surface area contributed by atoms with E-state index >= 15 is 0 Å². The fraction of sp³-hybridized carbons (Fsp3) is 0. The Bertz CT molecular complexity index is 581. The summed E-state index contributed by atoms with van der Waals surface area (Å²) in [6, 6.07) is 5.42. The minimum atomic E-state index is -0.955. The van der Waals surface area contributed by atoms with Crippen molar-refractivity contribution in [2.45, 2.75) is 0 Å². The van der Waals surface area contributed by atoms with Gasteiger partial charge in [0.25, 0.3) is 0 Å². The van der Waals surface area contributed by atoms with Crippen molar-refractivity contribution in [2.24, 2.45) is 0 Å². The van der Waals surface area contributed by atoms with Gasteiger partial charge in [-0.15, -0.1) is 0 Å². The predicted molar refractivity (Wildman–Crippen MR) is 64.9 cm³/mol. The van der Waals surface area contributed by atoms with E-state index in [1.807, 2.05) is 0 Å². The zero-order chi connectivity index (χ0) is 13.3. The van der Waals surface area contributed by atoms with Crippen molar-refractivity contribution >= 4 is 21.6 Å². The van der Waals surface area contributed by atoms with Crippen LogP contribution in [0.5, 0.6) is 11.5 Å². The molecule has 2 nitrogen and oxygen atoms in total. The second-order valence-electron chi connectivity index (χ2n) is 3.49. The average molecular weight is 318 g/mol. The smallest absolute Gasteiger partial charge is 0.198 e. The Hall–Kier alpha value is -1.69. The van der Waals surface area contributed by atoms with Crippen LogP contribution >= 0.6 is 15.9 Å². The topological polar surface area (TPSA) is 35.2 Å². The van der Waals surface area contributed by atoms with E-state index in [1.54, 1.807) is 0 Å². The van der Waals surface area contributed by atoms with E-state index in [0.717, 1.165) is 18.2 Å². The van der Waals surface area contributed by atoms with Gasteiger partial charge in [0.1, 0.15) is 11.6 Å². The number of hydrogen-bond donors (Lipinski definition) is 1. The van der Waals surface area contributed by atoms with Crippen LogP contribution in [0.25, 0.3) is 0 Å². The third kappa shape index (κ3) is 2.59. The first kappa shape index (κ1) is 12.8. The highest BCUT2D eigenvalue weighted by molar-refractivity contribution is 9.10. The molecule has 0 fully saturated rings. The van der Waals surface area contributed by atoms with Crippen LogP contribution < -0.4 is 10.5 Å². The first-order valence-corrected chi connectivity index (χ1v) is 5.64. The van der Waals surface area contributed by atoms with Gasteiger partial charge in [0.05, 0.1) is 4.47 Å². The zero-order valence-electron chi connectivity index (χ0n) is 8.88. The molecule has 0 spiro atoms. The molecule has 94 valence electrons. The van der Waals surface area contributed by atoms with Crippen LogP contribution in [-0.2, 0) is 0 Å². The monoisotopic (exact) mass is 317 g/mol. The summed E-state index contributed by atoms with van der Waals surface area (Å²) in [5.41, 5.74) is 5.21. The molecule has 18 heavy (non-hydrogen) atoms. The van der Waals surface area contributed by atoms with E-state index in [4.69, 9.17) is 10.5 Å². The number of halogens is 4. The minimum Gasteiger partial charge on any atom is -0.450 e. The highest BCUT2D eigenvalue weighted by Gasteiger charge is 2.14. The molecule has 2 rings (SSSR count). The van der Waals surface area contributed by atoms with Crippen LogP contribution in [-0.4, -0.2) is 0 Å². The lowest BCUT2D eigenvalue weighted by molar-refractivity contribution is 0.403. The van der Waals surface area contributed by atoms with Crippen LogP contribution in [0.4, 0.5) is 18.9 Å². The van der Waals surface area contributed by atoms with Crippen LogP contribution in [0, 0.1) is 17.5 Å². The van der Waals surface area contributed by atoms with Gasteiger partial charge in [0.2, 0.25) is 0 Å². The van der Waals surface area contributed by atoms with Crippen LogP contribution in [0.3, 0.4) is 0 Å². The molecule has 0 saturated carbocycles. The Morgan fingerprint density at radius 1 is 1.00 bits per heavy atom. The van der Waals surface area contributed by atoms with Crippen molar-refractivity contribution in [3.05, 3.63) is 52.3 Å². The molecule has 0 saturated heterocycles. The Labute approximate surface area is 109 Å². The molecule has 0 aliphatic heterocycles. The summed E-state index contributed by atoms with van der Waals surface area (Å²) in [5.74, 6) is -3.15. The average Bonchev–Trinajstić information content (AvgIpc) is 2.28. The molecule has 2 aromatic carbocycles. The summed E-state index contributed by atoms with van der Waals surface area (Å²) in [6.07, 6.45) is 0. The van der Waals surface area contributed by atoms with E-state index in [9.17, 15) is 13.2 Å². The van der Waals surface area contributed by atoms with E-state index in [-0.39, 0.29) is 11.4 Å². The number of nitrogens with two attached hydrogens (primary N) is 1. The summed E-state index contributed by atoms with van der Waals surface area (Å²) in [5, 5.41) is 0. The Morgan fingerprint density at radius 3 is 2.22 bits per heavy atom. The van der Waals surface area contributed by atoms with Crippen molar-refractivity contribution in [1.29, 1.82) is 0 Å². The number of benzene rings is 2. The molecule has 0 amide bonds.